The molecule has 0 fully saturated rings. The second-order valence-corrected chi connectivity index (χ2v) is 3.47. The van der Waals surface area contributed by atoms with Gasteiger partial charge in [-0.2, -0.15) is 13.2 Å². The molecule has 0 atom stereocenters. The number of alkyl halides is 3. The fourth-order valence-electron chi connectivity index (χ4n) is 1.35. The van der Waals surface area contributed by atoms with Crippen LogP contribution in [-0.4, -0.2) is 12.7 Å². The first-order chi connectivity index (χ1) is 7.89. The second kappa shape index (κ2) is 5.56. The summed E-state index contributed by atoms with van der Waals surface area (Å²) >= 11 is 0. The van der Waals surface area contributed by atoms with Crippen LogP contribution in [0.5, 0.6) is 0 Å². The Balaban J connectivity index is 2.52. The number of carbonyl (C=O) groups excluding carboxylic acids is 1. The van der Waals surface area contributed by atoms with Gasteiger partial charge in [0.25, 0.3) is 0 Å². The number of benzene rings is 1. The van der Waals surface area contributed by atoms with Gasteiger partial charge in [0.2, 0.25) is 0 Å². The van der Waals surface area contributed by atoms with Crippen molar-refractivity contribution in [2.24, 2.45) is 5.73 Å². The number of primary amides is 1. The first-order valence-corrected chi connectivity index (χ1v) is 4.98. The van der Waals surface area contributed by atoms with Gasteiger partial charge in [-0.05, 0) is 24.5 Å². The first kappa shape index (κ1) is 13.3. The second-order valence-electron chi connectivity index (χ2n) is 3.47. The molecule has 0 heterocycles. The third-order valence-electron chi connectivity index (χ3n) is 2.11. The van der Waals surface area contributed by atoms with E-state index in [0.29, 0.717) is 18.4 Å². The van der Waals surface area contributed by atoms with Crippen LogP contribution in [0.1, 0.15) is 17.5 Å². The Labute approximate surface area is 96.4 Å². The summed E-state index contributed by atoms with van der Waals surface area (Å²) < 4.78 is 41.6. The molecule has 0 saturated carbocycles. The van der Waals surface area contributed by atoms with E-state index in [4.69, 9.17) is 5.73 Å². The average molecular weight is 247 g/mol. The van der Waals surface area contributed by atoms with Gasteiger partial charge in [-0.3, -0.25) is 0 Å². The number of carbonyl (C=O) groups is 1. The zero-order valence-electron chi connectivity index (χ0n) is 8.96. The van der Waals surface area contributed by atoms with Crippen molar-refractivity contribution in [3.05, 3.63) is 35.4 Å². The fourth-order valence-corrected chi connectivity index (χ4v) is 1.35. The number of aryl methyl sites for hydroxylation is 1. The summed E-state index contributed by atoms with van der Waals surface area (Å²) in [6.45, 7) is 0.103. The molecule has 1 aromatic carbocycles. The van der Waals surface area contributed by atoms with E-state index in [0.717, 1.165) is 12.1 Å². The topological polar surface area (TPSA) is 52.3 Å². The van der Waals surface area contributed by atoms with E-state index in [1.807, 2.05) is 0 Å². The lowest BCUT2D eigenvalue weighted by Gasteiger charge is -2.08. The highest BCUT2D eigenvalue weighted by molar-refractivity contribution is 5.64. The van der Waals surface area contributed by atoms with Crippen LogP contribution in [0.4, 0.5) is 18.0 Å². The predicted octanol–water partition coefficient (Wildman–Crippen LogP) is 2.73. The molecule has 0 unspecified atom stereocenters. The minimum atomic E-state index is -4.33. The van der Waals surface area contributed by atoms with Crippen molar-refractivity contribution in [1.29, 1.82) is 0 Å². The summed E-state index contributed by atoms with van der Waals surface area (Å²) in [5, 5.41) is 0. The lowest BCUT2D eigenvalue weighted by molar-refractivity contribution is -0.137. The molecule has 0 aliphatic heterocycles. The van der Waals surface area contributed by atoms with Gasteiger partial charge in [-0.1, -0.05) is 18.2 Å². The maximum Gasteiger partial charge on any atom is 0.416 e. The summed E-state index contributed by atoms with van der Waals surface area (Å²) in [7, 11) is 0. The van der Waals surface area contributed by atoms with Crippen LogP contribution < -0.4 is 5.73 Å². The van der Waals surface area contributed by atoms with Crippen LogP contribution in [0.25, 0.3) is 0 Å². The van der Waals surface area contributed by atoms with E-state index in [9.17, 15) is 18.0 Å². The molecule has 0 aromatic heterocycles. The van der Waals surface area contributed by atoms with E-state index in [2.05, 4.69) is 4.74 Å². The third kappa shape index (κ3) is 4.76. The molecule has 0 spiro atoms. The third-order valence-corrected chi connectivity index (χ3v) is 2.11. The summed E-state index contributed by atoms with van der Waals surface area (Å²) in [5.41, 5.74) is 4.62. The Hall–Kier alpha value is -1.72. The van der Waals surface area contributed by atoms with Gasteiger partial charge in [0.05, 0.1) is 12.2 Å². The van der Waals surface area contributed by atoms with Gasteiger partial charge in [0.1, 0.15) is 0 Å². The van der Waals surface area contributed by atoms with Crippen molar-refractivity contribution in [3.63, 3.8) is 0 Å². The van der Waals surface area contributed by atoms with Crippen molar-refractivity contribution in [1.82, 2.24) is 0 Å². The lowest BCUT2D eigenvalue weighted by Crippen LogP contribution is -2.14. The normalized spacial score (nSPS) is 11.2. The monoisotopic (exact) mass is 247 g/mol. The molecule has 94 valence electrons. The number of amides is 1. The van der Waals surface area contributed by atoms with Crippen molar-refractivity contribution in [2.45, 2.75) is 19.0 Å². The minimum Gasteiger partial charge on any atom is -0.450 e. The standard InChI is InChI=1S/C11H12F3NO2/c12-11(13,14)9-5-1-3-8(7-9)4-2-6-17-10(15)16/h1,3,5,7H,2,4,6H2,(H2,15,16). The zero-order chi connectivity index (χ0) is 12.9. The number of ether oxygens (including phenoxy) is 1. The maximum atomic E-state index is 12.4. The number of hydrogen-bond acceptors (Lipinski definition) is 2. The average Bonchev–Trinajstić information content (AvgIpc) is 2.23. The van der Waals surface area contributed by atoms with Crippen LogP contribution in [0, 0.1) is 0 Å². The maximum absolute atomic E-state index is 12.4. The lowest BCUT2D eigenvalue weighted by atomic mass is 10.1. The smallest absolute Gasteiger partial charge is 0.416 e. The Morgan fingerprint density at radius 3 is 2.65 bits per heavy atom. The summed E-state index contributed by atoms with van der Waals surface area (Å²) in [6.07, 6.45) is -4.38. The highest BCUT2D eigenvalue weighted by atomic mass is 19.4. The Morgan fingerprint density at radius 2 is 2.06 bits per heavy atom. The summed E-state index contributed by atoms with van der Waals surface area (Å²) in [6, 6.07) is 5.06. The van der Waals surface area contributed by atoms with Crippen molar-refractivity contribution >= 4 is 6.09 Å². The van der Waals surface area contributed by atoms with Crippen molar-refractivity contribution in [2.75, 3.05) is 6.61 Å². The van der Waals surface area contributed by atoms with Crippen LogP contribution in [-0.2, 0) is 17.3 Å². The molecule has 3 nitrogen and oxygen atoms in total. The molecule has 6 heteroatoms. The quantitative estimate of drug-likeness (QED) is 0.832. The zero-order valence-corrected chi connectivity index (χ0v) is 8.96. The molecular formula is C11H12F3NO2. The fraction of sp³-hybridized carbons (Fsp3) is 0.364. The predicted molar refractivity (Wildman–Crippen MR) is 55.3 cm³/mol. The van der Waals surface area contributed by atoms with E-state index >= 15 is 0 Å². The molecule has 1 aromatic rings. The molecule has 0 aliphatic rings. The highest BCUT2D eigenvalue weighted by Crippen LogP contribution is 2.29. The molecule has 0 bridgehead atoms. The van der Waals surface area contributed by atoms with Gasteiger partial charge < -0.3 is 10.5 Å². The van der Waals surface area contributed by atoms with Crippen LogP contribution >= 0.6 is 0 Å². The number of hydrogen-bond donors (Lipinski definition) is 1. The molecule has 1 rings (SSSR count). The van der Waals surface area contributed by atoms with Gasteiger partial charge in [-0.15, -0.1) is 0 Å². The molecule has 17 heavy (non-hydrogen) atoms. The van der Waals surface area contributed by atoms with Crippen LogP contribution in [0.2, 0.25) is 0 Å². The molecule has 1 amide bonds. The molecule has 2 N–H and O–H groups in total. The highest BCUT2D eigenvalue weighted by Gasteiger charge is 2.30. The number of nitrogens with two attached hydrogens (primary N) is 1. The van der Waals surface area contributed by atoms with Crippen LogP contribution in [0.15, 0.2) is 24.3 Å². The van der Waals surface area contributed by atoms with Gasteiger partial charge >= 0.3 is 12.3 Å². The molecule has 0 radical (unpaired) electrons. The molecule has 0 saturated heterocycles. The number of rotatable bonds is 4. The molecule has 0 aliphatic carbocycles. The van der Waals surface area contributed by atoms with Crippen LogP contribution in [0.3, 0.4) is 0 Å². The number of halogens is 3. The van der Waals surface area contributed by atoms with E-state index in [-0.39, 0.29) is 6.61 Å². The Bertz CT molecular complexity index is 391. The van der Waals surface area contributed by atoms with E-state index in [1.54, 1.807) is 6.07 Å². The van der Waals surface area contributed by atoms with Gasteiger partial charge in [-0.25, -0.2) is 4.79 Å². The largest absolute Gasteiger partial charge is 0.450 e. The van der Waals surface area contributed by atoms with Gasteiger partial charge in [0.15, 0.2) is 0 Å². The van der Waals surface area contributed by atoms with Crippen molar-refractivity contribution < 1.29 is 22.7 Å². The minimum absolute atomic E-state index is 0.103. The van der Waals surface area contributed by atoms with Crippen molar-refractivity contribution in [3.8, 4) is 0 Å². The first-order valence-electron chi connectivity index (χ1n) is 4.98. The van der Waals surface area contributed by atoms with E-state index < -0.39 is 17.8 Å². The Kier molecular flexibility index (Phi) is 4.37. The SMILES string of the molecule is NC(=O)OCCCc1cccc(C(F)(F)F)c1. The Morgan fingerprint density at radius 1 is 1.35 bits per heavy atom. The molecular weight excluding hydrogens is 235 g/mol. The summed E-state index contributed by atoms with van der Waals surface area (Å²) in [4.78, 5) is 10.2. The van der Waals surface area contributed by atoms with E-state index in [1.165, 1.54) is 6.07 Å². The summed E-state index contributed by atoms with van der Waals surface area (Å²) in [5.74, 6) is 0. The van der Waals surface area contributed by atoms with Gasteiger partial charge in [0, 0.05) is 0 Å².